The van der Waals surface area contributed by atoms with Crippen LogP contribution in [0.15, 0.2) is 6.20 Å². The molecule has 2 bridgehead atoms. The molecule has 2 N–H and O–H groups in total. The number of aryl methyl sites for hydroxylation is 2. The van der Waals surface area contributed by atoms with Crippen LogP contribution in [0.5, 0.6) is 0 Å². The van der Waals surface area contributed by atoms with Crippen molar-refractivity contribution in [1.82, 2.24) is 14.7 Å². The highest BCUT2D eigenvalue weighted by molar-refractivity contribution is 5.16. The fourth-order valence-electron chi connectivity index (χ4n) is 3.78. The first kappa shape index (κ1) is 12.2. The molecule has 0 amide bonds. The lowest BCUT2D eigenvalue weighted by Gasteiger charge is -2.48. The lowest BCUT2D eigenvalue weighted by Crippen LogP contribution is -2.54. The van der Waals surface area contributed by atoms with Gasteiger partial charge in [0.05, 0.1) is 5.69 Å². The van der Waals surface area contributed by atoms with Gasteiger partial charge < -0.3 is 5.73 Å². The number of nitrogens with zero attached hydrogens (tertiary/aromatic N) is 3. The molecule has 100 valence electrons. The maximum Gasteiger partial charge on any atom is 0.0638 e. The van der Waals surface area contributed by atoms with Gasteiger partial charge in [-0.05, 0) is 32.6 Å². The second-order valence-corrected chi connectivity index (χ2v) is 6.06. The summed E-state index contributed by atoms with van der Waals surface area (Å²) >= 11 is 0. The van der Waals surface area contributed by atoms with Crippen LogP contribution in [0.1, 0.15) is 43.4 Å². The standard InChI is InChI=1S/C14H24N4/c1-10-11(8-17(2)16-10)9-18-13-4-3-5-14(18)7-12(15)6-13/h8,12-14H,3-7,9,15H2,1-2H3. The molecule has 2 aliphatic rings. The van der Waals surface area contributed by atoms with Gasteiger partial charge in [0.1, 0.15) is 0 Å². The number of hydrogen-bond donors (Lipinski definition) is 1. The SMILES string of the molecule is Cc1nn(C)cc1CN1C2CCCC1CC(N)C2. The van der Waals surface area contributed by atoms with Crippen LogP contribution in [-0.4, -0.2) is 32.8 Å². The number of fused-ring (bicyclic) bond motifs is 2. The normalized spacial score (nSPS) is 32.7. The molecule has 2 fully saturated rings. The van der Waals surface area contributed by atoms with Gasteiger partial charge in [0.2, 0.25) is 0 Å². The van der Waals surface area contributed by atoms with Crippen LogP contribution in [0.4, 0.5) is 0 Å². The van der Waals surface area contributed by atoms with E-state index < -0.39 is 0 Å². The van der Waals surface area contributed by atoms with Crippen LogP contribution >= 0.6 is 0 Å². The van der Waals surface area contributed by atoms with Crippen LogP contribution in [0.25, 0.3) is 0 Å². The van der Waals surface area contributed by atoms with E-state index in [9.17, 15) is 0 Å². The minimum Gasteiger partial charge on any atom is -0.328 e. The van der Waals surface area contributed by atoms with E-state index in [1.165, 1.54) is 43.4 Å². The molecule has 1 aromatic heterocycles. The summed E-state index contributed by atoms with van der Waals surface area (Å²) in [4.78, 5) is 2.69. The van der Waals surface area contributed by atoms with Gasteiger partial charge in [-0.1, -0.05) is 6.42 Å². The number of aromatic nitrogens is 2. The second kappa shape index (κ2) is 4.67. The largest absolute Gasteiger partial charge is 0.328 e. The maximum atomic E-state index is 6.17. The highest BCUT2D eigenvalue weighted by Crippen LogP contribution is 2.34. The van der Waals surface area contributed by atoms with E-state index in [0.717, 1.165) is 6.54 Å². The average molecular weight is 248 g/mol. The van der Waals surface area contributed by atoms with E-state index in [0.29, 0.717) is 18.1 Å². The van der Waals surface area contributed by atoms with Gasteiger partial charge in [-0.2, -0.15) is 5.10 Å². The number of piperidine rings is 2. The third kappa shape index (κ3) is 2.19. The summed E-state index contributed by atoms with van der Waals surface area (Å²) in [6, 6.07) is 1.82. The summed E-state index contributed by atoms with van der Waals surface area (Å²) in [6.07, 6.45) is 8.54. The molecule has 2 aliphatic heterocycles. The number of rotatable bonds is 2. The van der Waals surface area contributed by atoms with Crippen molar-refractivity contribution in [2.75, 3.05) is 0 Å². The first-order chi connectivity index (χ1) is 8.63. The van der Waals surface area contributed by atoms with Crippen molar-refractivity contribution in [2.24, 2.45) is 12.8 Å². The van der Waals surface area contributed by atoms with E-state index in [-0.39, 0.29) is 0 Å². The summed E-state index contributed by atoms with van der Waals surface area (Å²) in [5.74, 6) is 0. The Morgan fingerprint density at radius 1 is 1.33 bits per heavy atom. The van der Waals surface area contributed by atoms with Crippen molar-refractivity contribution in [2.45, 2.75) is 63.7 Å². The molecule has 4 nitrogen and oxygen atoms in total. The second-order valence-electron chi connectivity index (χ2n) is 6.06. The van der Waals surface area contributed by atoms with Gasteiger partial charge in [-0.15, -0.1) is 0 Å². The molecule has 0 saturated carbocycles. The van der Waals surface area contributed by atoms with E-state index in [2.05, 4.69) is 23.1 Å². The molecular weight excluding hydrogens is 224 g/mol. The molecule has 3 rings (SSSR count). The van der Waals surface area contributed by atoms with E-state index >= 15 is 0 Å². The van der Waals surface area contributed by atoms with Gasteiger partial charge in [-0.3, -0.25) is 9.58 Å². The van der Waals surface area contributed by atoms with Gasteiger partial charge in [0.25, 0.3) is 0 Å². The van der Waals surface area contributed by atoms with E-state index in [4.69, 9.17) is 5.73 Å². The predicted molar refractivity (Wildman–Crippen MR) is 72.1 cm³/mol. The van der Waals surface area contributed by atoms with Crippen molar-refractivity contribution >= 4 is 0 Å². The molecule has 0 aliphatic carbocycles. The third-order valence-electron chi connectivity index (χ3n) is 4.63. The van der Waals surface area contributed by atoms with Crippen molar-refractivity contribution in [1.29, 1.82) is 0 Å². The zero-order chi connectivity index (χ0) is 12.7. The fraction of sp³-hybridized carbons (Fsp3) is 0.786. The van der Waals surface area contributed by atoms with Gasteiger partial charge in [0.15, 0.2) is 0 Å². The van der Waals surface area contributed by atoms with Crippen molar-refractivity contribution in [3.63, 3.8) is 0 Å². The minimum atomic E-state index is 0.423. The molecule has 4 heteroatoms. The van der Waals surface area contributed by atoms with Crippen LogP contribution in [0.2, 0.25) is 0 Å². The Labute approximate surface area is 109 Å². The minimum absolute atomic E-state index is 0.423. The molecule has 2 saturated heterocycles. The summed E-state index contributed by atoms with van der Waals surface area (Å²) in [5, 5.41) is 4.45. The Morgan fingerprint density at radius 3 is 2.56 bits per heavy atom. The van der Waals surface area contributed by atoms with Crippen LogP contribution < -0.4 is 5.73 Å². The molecule has 0 spiro atoms. The summed E-state index contributed by atoms with van der Waals surface area (Å²) in [7, 11) is 2.00. The number of nitrogens with two attached hydrogens (primary N) is 1. The highest BCUT2D eigenvalue weighted by Gasteiger charge is 2.37. The maximum absolute atomic E-state index is 6.17. The topological polar surface area (TPSA) is 47.1 Å². The first-order valence-electron chi connectivity index (χ1n) is 7.14. The Balaban J connectivity index is 1.77. The molecule has 1 aromatic rings. The molecule has 0 aromatic carbocycles. The van der Waals surface area contributed by atoms with E-state index in [1.54, 1.807) is 0 Å². The van der Waals surface area contributed by atoms with Crippen LogP contribution in [-0.2, 0) is 13.6 Å². The quantitative estimate of drug-likeness (QED) is 0.864. The van der Waals surface area contributed by atoms with Gasteiger partial charge >= 0.3 is 0 Å². The average Bonchev–Trinajstić information content (AvgIpc) is 2.59. The Hall–Kier alpha value is -0.870. The summed E-state index contributed by atoms with van der Waals surface area (Å²) < 4.78 is 1.93. The molecule has 3 heterocycles. The summed E-state index contributed by atoms with van der Waals surface area (Å²) in [6.45, 7) is 3.17. The van der Waals surface area contributed by atoms with Gasteiger partial charge in [0, 0.05) is 43.5 Å². The Bertz CT molecular complexity index is 411. The number of hydrogen-bond acceptors (Lipinski definition) is 3. The zero-order valence-corrected chi connectivity index (χ0v) is 11.5. The lowest BCUT2D eigenvalue weighted by molar-refractivity contribution is 0.0243. The monoisotopic (exact) mass is 248 g/mol. The van der Waals surface area contributed by atoms with Crippen LogP contribution in [0, 0.1) is 6.92 Å². The van der Waals surface area contributed by atoms with Crippen molar-refractivity contribution < 1.29 is 0 Å². The van der Waals surface area contributed by atoms with E-state index in [1.807, 2.05) is 11.7 Å². The lowest BCUT2D eigenvalue weighted by atomic mass is 9.82. The molecule has 2 unspecified atom stereocenters. The molecule has 0 radical (unpaired) electrons. The smallest absolute Gasteiger partial charge is 0.0638 e. The summed E-state index contributed by atoms with van der Waals surface area (Å²) in [5.41, 5.74) is 8.72. The third-order valence-corrected chi connectivity index (χ3v) is 4.63. The van der Waals surface area contributed by atoms with Crippen molar-refractivity contribution in [3.05, 3.63) is 17.5 Å². The highest BCUT2D eigenvalue weighted by atomic mass is 15.3. The molecular formula is C14H24N4. The molecule has 2 atom stereocenters. The Morgan fingerprint density at radius 2 is 2.00 bits per heavy atom. The van der Waals surface area contributed by atoms with Crippen LogP contribution in [0.3, 0.4) is 0 Å². The fourth-order valence-corrected chi connectivity index (χ4v) is 3.78. The van der Waals surface area contributed by atoms with Gasteiger partial charge in [-0.25, -0.2) is 0 Å². The predicted octanol–water partition coefficient (Wildman–Crippen LogP) is 1.57. The first-order valence-corrected chi connectivity index (χ1v) is 7.14. The Kier molecular flexibility index (Phi) is 3.16. The van der Waals surface area contributed by atoms with Crippen molar-refractivity contribution in [3.8, 4) is 0 Å². The molecule has 18 heavy (non-hydrogen) atoms. The zero-order valence-electron chi connectivity index (χ0n) is 11.5.